The molecule has 2 aromatic rings. The van der Waals surface area contributed by atoms with Gasteiger partial charge in [-0.1, -0.05) is 41.7 Å². The SMILES string of the molecule is CCNc1nc(C)c(C(=O)N2CCCC[C@H]2CCc2ccccc2)s1. The number of nitrogens with one attached hydrogen (secondary N) is 1. The standard InChI is InChI=1S/C20H27N3OS/c1-3-21-20-22-15(2)18(25-20)19(24)23-14-8-7-11-17(23)13-12-16-9-5-4-6-10-16/h4-6,9-10,17H,3,7-8,11-14H2,1-2H3,(H,21,22)/t17-/m0/s1. The molecule has 1 aliphatic heterocycles. The highest BCUT2D eigenvalue weighted by molar-refractivity contribution is 7.17. The maximum atomic E-state index is 13.1. The van der Waals surface area contributed by atoms with E-state index in [-0.39, 0.29) is 5.91 Å². The van der Waals surface area contributed by atoms with Crippen molar-refractivity contribution >= 4 is 22.4 Å². The van der Waals surface area contributed by atoms with Gasteiger partial charge in [-0.2, -0.15) is 0 Å². The molecule has 0 unspecified atom stereocenters. The molecule has 0 saturated carbocycles. The van der Waals surface area contributed by atoms with Crippen molar-refractivity contribution < 1.29 is 4.79 Å². The van der Waals surface area contributed by atoms with Crippen LogP contribution in [0, 0.1) is 6.92 Å². The molecule has 0 aliphatic carbocycles. The third-order valence-corrected chi connectivity index (χ3v) is 5.92. The number of hydrogen-bond acceptors (Lipinski definition) is 4. The van der Waals surface area contributed by atoms with Crippen molar-refractivity contribution in [2.45, 2.75) is 52.0 Å². The normalized spacial score (nSPS) is 17.5. The summed E-state index contributed by atoms with van der Waals surface area (Å²) in [5.41, 5.74) is 2.20. The maximum absolute atomic E-state index is 13.1. The van der Waals surface area contributed by atoms with Gasteiger partial charge in [0, 0.05) is 19.1 Å². The number of aryl methyl sites for hydroxylation is 2. The summed E-state index contributed by atoms with van der Waals surface area (Å²) in [7, 11) is 0. The predicted molar refractivity (Wildman–Crippen MR) is 104 cm³/mol. The van der Waals surface area contributed by atoms with Crippen LogP contribution in [0.2, 0.25) is 0 Å². The molecule has 1 atom stereocenters. The minimum absolute atomic E-state index is 0.164. The number of hydrogen-bond donors (Lipinski definition) is 1. The molecule has 5 heteroatoms. The number of amides is 1. The fraction of sp³-hybridized carbons (Fsp3) is 0.500. The van der Waals surface area contributed by atoms with Gasteiger partial charge >= 0.3 is 0 Å². The van der Waals surface area contributed by atoms with E-state index in [1.807, 2.05) is 13.8 Å². The molecular weight excluding hydrogens is 330 g/mol. The summed E-state index contributed by atoms with van der Waals surface area (Å²) in [5.74, 6) is 0.164. The minimum atomic E-state index is 0.164. The molecule has 4 nitrogen and oxygen atoms in total. The largest absolute Gasteiger partial charge is 0.362 e. The highest BCUT2D eigenvalue weighted by Gasteiger charge is 2.29. The van der Waals surface area contributed by atoms with E-state index in [0.29, 0.717) is 6.04 Å². The quantitative estimate of drug-likeness (QED) is 0.827. The minimum Gasteiger partial charge on any atom is -0.362 e. The molecule has 1 N–H and O–H groups in total. The Balaban J connectivity index is 1.70. The smallest absolute Gasteiger partial charge is 0.266 e. The number of thiazole rings is 1. The zero-order valence-corrected chi connectivity index (χ0v) is 15.9. The molecule has 0 spiro atoms. The first-order valence-corrected chi connectivity index (χ1v) is 10.1. The molecule has 0 radical (unpaired) electrons. The van der Waals surface area contributed by atoms with Crippen molar-refractivity contribution in [1.82, 2.24) is 9.88 Å². The number of aromatic nitrogens is 1. The topological polar surface area (TPSA) is 45.2 Å². The number of likely N-dealkylation sites (tertiary alicyclic amines) is 1. The van der Waals surface area contributed by atoms with Crippen LogP contribution in [0.3, 0.4) is 0 Å². The van der Waals surface area contributed by atoms with Crippen LogP contribution < -0.4 is 5.32 Å². The first-order chi connectivity index (χ1) is 12.2. The summed E-state index contributed by atoms with van der Waals surface area (Å²) in [5, 5.41) is 4.07. The van der Waals surface area contributed by atoms with Gasteiger partial charge in [0.15, 0.2) is 5.13 Å². The summed E-state index contributed by atoms with van der Waals surface area (Å²) in [6.45, 7) is 5.67. The lowest BCUT2D eigenvalue weighted by molar-refractivity contribution is 0.0606. The average molecular weight is 358 g/mol. The van der Waals surface area contributed by atoms with E-state index in [1.165, 1.54) is 23.3 Å². The molecule has 1 aromatic carbocycles. The number of nitrogens with zero attached hydrogens (tertiary/aromatic N) is 2. The second-order valence-corrected chi connectivity index (χ2v) is 7.64. The Kier molecular flexibility index (Phi) is 6.08. The van der Waals surface area contributed by atoms with Crippen LogP contribution in [-0.2, 0) is 6.42 Å². The average Bonchev–Trinajstić information content (AvgIpc) is 3.01. The van der Waals surface area contributed by atoms with Gasteiger partial charge in [0.1, 0.15) is 4.88 Å². The Labute approximate surface area is 154 Å². The molecule has 1 fully saturated rings. The number of anilines is 1. The van der Waals surface area contributed by atoms with Gasteiger partial charge in [0.2, 0.25) is 0 Å². The fourth-order valence-electron chi connectivity index (χ4n) is 3.50. The number of rotatable bonds is 6. The van der Waals surface area contributed by atoms with Crippen molar-refractivity contribution in [2.24, 2.45) is 0 Å². The van der Waals surface area contributed by atoms with E-state index >= 15 is 0 Å². The van der Waals surface area contributed by atoms with E-state index in [4.69, 9.17) is 0 Å². The van der Waals surface area contributed by atoms with Gasteiger partial charge < -0.3 is 10.2 Å². The first-order valence-electron chi connectivity index (χ1n) is 9.25. The lowest BCUT2D eigenvalue weighted by atomic mass is 9.95. The molecule has 1 amide bonds. The zero-order chi connectivity index (χ0) is 17.6. The predicted octanol–water partition coefficient (Wildman–Crippen LogP) is 4.51. The van der Waals surface area contributed by atoms with Crippen molar-refractivity contribution in [3.63, 3.8) is 0 Å². The summed E-state index contributed by atoms with van der Waals surface area (Å²) < 4.78 is 0. The van der Waals surface area contributed by atoms with Crippen LogP contribution >= 0.6 is 11.3 Å². The molecule has 1 aromatic heterocycles. The third kappa shape index (κ3) is 4.40. The molecular formula is C20H27N3OS. The molecule has 3 rings (SSSR count). The van der Waals surface area contributed by atoms with Gasteiger partial charge in [-0.05, 0) is 51.5 Å². The summed E-state index contributed by atoms with van der Waals surface area (Å²) in [4.78, 5) is 20.5. The molecule has 1 saturated heterocycles. The van der Waals surface area contributed by atoms with Gasteiger partial charge in [-0.15, -0.1) is 0 Å². The molecule has 25 heavy (non-hydrogen) atoms. The van der Waals surface area contributed by atoms with E-state index in [9.17, 15) is 4.79 Å². The van der Waals surface area contributed by atoms with Crippen molar-refractivity contribution in [3.8, 4) is 0 Å². The molecule has 2 heterocycles. The Morgan fingerprint density at radius 1 is 1.32 bits per heavy atom. The Hall–Kier alpha value is -1.88. The van der Waals surface area contributed by atoms with Gasteiger partial charge in [0.25, 0.3) is 5.91 Å². The van der Waals surface area contributed by atoms with Crippen LogP contribution in [0.1, 0.15) is 53.5 Å². The summed E-state index contributed by atoms with van der Waals surface area (Å²) >= 11 is 1.49. The van der Waals surface area contributed by atoms with Crippen LogP contribution in [0.4, 0.5) is 5.13 Å². The number of carbonyl (C=O) groups is 1. The van der Waals surface area contributed by atoms with Crippen molar-refractivity contribution in [1.29, 1.82) is 0 Å². The van der Waals surface area contributed by atoms with E-state index in [2.05, 4.69) is 45.5 Å². The van der Waals surface area contributed by atoms with Crippen molar-refractivity contribution in [3.05, 3.63) is 46.5 Å². The second-order valence-electron chi connectivity index (χ2n) is 6.64. The van der Waals surface area contributed by atoms with Crippen molar-refractivity contribution in [2.75, 3.05) is 18.4 Å². The van der Waals surface area contributed by atoms with Crippen LogP contribution in [-0.4, -0.2) is 34.9 Å². The van der Waals surface area contributed by atoms with Crippen LogP contribution in [0.25, 0.3) is 0 Å². The van der Waals surface area contributed by atoms with Crippen LogP contribution in [0.15, 0.2) is 30.3 Å². The Morgan fingerprint density at radius 3 is 2.88 bits per heavy atom. The molecule has 1 aliphatic rings. The lowest BCUT2D eigenvalue weighted by Gasteiger charge is -2.35. The molecule has 134 valence electrons. The van der Waals surface area contributed by atoms with Crippen LogP contribution in [0.5, 0.6) is 0 Å². The fourth-order valence-corrected chi connectivity index (χ4v) is 4.49. The van der Waals surface area contributed by atoms with E-state index in [1.54, 1.807) is 0 Å². The Morgan fingerprint density at radius 2 is 2.12 bits per heavy atom. The number of carbonyl (C=O) groups excluding carboxylic acids is 1. The highest BCUT2D eigenvalue weighted by atomic mass is 32.1. The summed E-state index contributed by atoms with van der Waals surface area (Å²) in [6, 6.07) is 10.9. The third-order valence-electron chi connectivity index (χ3n) is 4.82. The summed E-state index contributed by atoms with van der Waals surface area (Å²) in [6.07, 6.45) is 5.49. The lowest BCUT2D eigenvalue weighted by Crippen LogP contribution is -2.43. The zero-order valence-electron chi connectivity index (χ0n) is 15.1. The number of piperidine rings is 1. The second kappa shape index (κ2) is 8.48. The van der Waals surface area contributed by atoms with Gasteiger partial charge in [-0.25, -0.2) is 4.98 Å². The molecule has 0 bridgehead atoms. The van der Waals surface area contributed by atoms with Gasteiger partial charge in [0.05, 0.1) is 5.69 Å². The number of benzene rings is 1. The first kappa shape index (κ1) is 17.9. The maximum Gasteiger partial charge on any atom is 0.266 e. The Bertz CT molecular complexity index is 698. The highest BCUT2D eigenvalue weighted by Crippen LogP contribution is 2.28. The van der Waals surface area contributed by atoms with Gasteiger partial charge in [-0.3, -0.25) is 4.79 Å². The monoisotopic (exact) mass is 357 g/mol. The van der Waals surface area contributed by atoms with E-state index in [0.717, 1.165) is 54.5 Å². The van der Waals surface area contributed by atoms with E-state index < -0.39 is 0 Å².